The van der Waals surface area contributed by atoms with E-state index in [1.807, 2.05) is 0 Å². The Balaban J connectivity index is 0.00000140. The zero-order valence-corrected chi connectivity index (χ0v) is 22.0. The fraction of sp³-hybridized carbons (Fsp3) is 0.958. The van der Waals surface area contributed by atoms with E-state index in [1.165, 1.54) is 109 Å². The van der Waals surface area contributed by atoms with Crippen molar-refractivity contribution >= 4 is 16.2 Å². The second-order valence-electron chi connectivity index (χ2n) is 9.20. The molecule has 1 aliphatic rings. The average Bonchev–Trinajstić information content (AvgIpc) is 3.11. The van der Waals surface area contributed by atoms with Crippen molar-refractivity contribution in [2.45, 2.75) is 110 Å². The molecule has 0 aromatic carbocycles. The summed E-state index contributed by atoms with van der Waals surface area (Å²) < 4.78 is 32.0. The molecule has 32 heavy (non-hydrogen) atoms. The monoisotopic (exact) mass is 477 g/mol. The second kappa shape index (κ2) is 19.9. The van der Waals surface area contributed by atoms with E-state index in [-0.39, 0.29) is 0 Å². The highest BCUT2D eigenvalue weighted by Crippen LogP contribution is 2.18. The van der Waals surface area contributed by atoms with Crippen LogP contribution in [0.25, 0.3) is 0 Å². The maximum absolute atomic E-state index is 9.22. The predicted molar refractivity (Wildman–Crippen MR) is 134 cm³/mol. The van der Waals surface area contributed by atoms with Gasteiger partial charge < -0.3 is 10.3 Å². The van der Waals surface area contributed by atoms with Gasteiger partial charge in [-0.1, -0.05) is 96.8 Å². The summed E-state index contributed by atoms with van der Waals surface area (Å²) in [5.41, 5.74) is 5.77. The summed E-state index contributed by atoms with van der Waals surface area (Å²) in [5, 5.41) is 0. The van der Waals surface area contributed by atoms with E-state index in [0.29, 0.717) is 0 Å². The number of likely N-dealkylation sites (N-methyl/N-ethyl adjacent to an activating group) is 1. The fourth-order valence-electron chi connectivity index (χ4n) is 4.23. The topological polar surface area (TPSA) is 105 Å². The third-order valence-electron chi connectivity index (χ3n) is 6.34. The van der Waals surface area contributed by atoms with E-state index in [4.69, 9.17) is 10.7 Å². The van der Waals surface area contributed by atoms with Crippen LogP contribution < -0.4 is 5.73 Å². The Kier molecular flexibility index (Phi) is 19.6. The van der Waals surface area contributed by atoms with Crippen molar-refractivity contribution in [2.75, 3.05) is 40.3 Å². The maximum Gasteiger partial charge on any atom is 0.217 e. The lowest BCUT2D eigenvalue weighted by atomic mass is 10.0. The van der Waals surface area contributed by atoms with Gasteiger partial charge in [0.15, 0.2) is 5.84 Å². The molecule has 0 radical (unpaired) electrons. The van der Waals surface area contributed by atoms with Gasteiger partial charge in [0.05, 0.1) is 27.2 Å². The Bertz CT molecular complexity index is 570. The molecule has 0 fully saturated rings. The van der Waals surface area contributed by atoms with Crippen LogP contribution in [0.2, 0.25) is 0 Å². The quantitative estimate of drug-likeness (QED) is 0.120. The number of hydrogen-bond donors (Lipinski definition) is 1. The maximum atomic E-state index is 9.22. The average molecular weight is 478 g/mol. The molecule has 8 heteroatoms. The molecule has 0 spiro atoms. The highest BCUT2D eigenvalue weighted by atomic mass is 32.3. The molecule has 0 aromatic heterocycles. The number of amidine groups is 1. The minimum atomic E-state index is -4.41. The Morgan fingerprint density at radius 3 is 1.69 bits per heavy atom. The van der Waals surface area contributed by atoms with Gasteiger partial charge in [-0.25, -0.2) is 13.4 Å². The summed E-state index contributed by atoms with van der Waals surface area (Å²) in [6.45, 7) is 6.28. The first-order chi connectivity index (χ1) is 15.3. The molecule has 1 aliphatic heterocycles. The van der Waals surface area contributed by atoms with Crippen LogP contribution in [0, 0.1) is 0 Å². The third-order valence-corrected chi connectivity index (χ3v) is 6.75. The number of aliphatic imine (C=N–C) groups is 1. The molecule has 2 N–H and O–H groups in total. The number of rotatable bonds is 19. The third kappa shape index (κ3) is 18.0. The summed E-state index contributed by atoms with van der Waals surface area (Å²) in [6.07, 6.45) is 22.6. The van der Waals surface area contributed by atoms with Crippen LogP contribution in [0.15, 0.2) is 4.99 Å². The lowest BCUT2D eigenvalue weighted by Crippen LogP contribution is -2.49. The molecule has 0 amide bonds. The SMILES string of the molecule is CCCCCCCCCCCCCCCCCC1=NCC[N+]1(C)CCN.COS(=O)(=O)[O-]. The minimum Gasteiger partial charge on any atom is -0.726 e. The van der Waals surface area contributed by atoms with Crippen molar-refractivity contribution in [3.8, 4) is 0 Å². The van der Waals surface area contributed by atoms with Gasteiger partial charge in [0.1, 0.15) is 6.54 Å². The summed E-state index contributed by atoms with van der Waals surface area (Å²) >= 11 is 0. The van der Waals surface area contributed by atoms with Gasteiger partial charge in [0.25, 0.3) is 0 Å². The number of nitrogens with zero attached hydrogens (tertiary/aromatic N) is 2. The Morgan fingerprint density at radius 1 is 0.906 bits per heavy atom. The predicted octanol–water partition coefficient (Wildman–Crippen LogP) is 5.16. The van der Waals surface area contributed by atoms with E-state index in [0.717, 1.165) is 37.8 Å². The lowest BCUT2D eigenvalue weighted by Gasteiger charge is -2.29. The first-order valence-corrected chi connectivity index (χ1v) is 14.2. The fourth-order valence-corrected chi connectivity index (χ4v) is 4.23. The molecule has 0 bridgehead atoms. The molecule has 1 atom stereocenters. The molecule has 1 rings (SSSR count). The largest absolute Gasteiger partial charge is 0.726 e. The molecule has 0 saturated heterocycles. The van der Waals surface area contributed by atoms with Crippen LogP contribution in [0.3, 0.4) is 0 Å². The summed E-state index contributed by atoms with van der Waals surface area (Å²) in [5.74, 6) is 1.41. The molecule has 1 heterocycles. The van der Waals surface area contributed by atoms with Gasteiger partial charge in [-0.15, -0.1) is 0 Å². The Morgan fingerprint density at radius 2 is 1.31 bits per heavy atom. The Labute approximate surface area is 198 Å². The first-order valence-electron chi connectivity index (χ1n) is 12.9. The second-order valence-corrected chi connectivity index (χ2v) is 10.4. The molecule has 1 unspecified atom stereocenters. The van der Waals surface area contributed by atoms with Gasteiger partial charge in [0, 0.05) is 13.0 Å². The minimum absolute atomic E-state index is 0.772. The molecule has 7 nitrogen and oxygen atoms in total. The summed E-state index contributed by atoms with van der Waals surface area (Å²) in [4.78, 5) is 4.74. The molecule has 0 aliphatic carbocycles. The molecule has 0 aromatic rings. The number of unbranched alkanes of at least 4 members (excludes halogenated alkanes) is 14. The highest BCUT2D eigenvalue weighted by molar-refractivity contribution is 7.80. The number of hydrogen-bond acceptors (Lipinski definition) is 6. The van der Waals surface area contributed by atoms with E-state index >= 15 is 0 Å². The first kappa shape index (κ1) is 31.5. The van der Waals surface area contributed by atoms with Crippen molar-refractivity contribution in [3.63, 3.8) is 0 Å². The van der Waals surface area contributed by atoms with Crippen LogP contribution in [0.1, 0.15) is 110 Å². The van der Waals surface area contributed by atoms with Gasteiger partial charge in [-0.3, -0.25) is 8.67 Å². The van der Waals surface area contributed by atoms with Gasteiger partial charge >= 0.3 is 0 Å². The van der Waals surface area contributed by atoms with Crippen LogP contribution in [0.5, 0.6) is 0 Å². The van der Waals surface area contributed by atoms with Crippen LogP contribution >= 0.6 is 0 Å². The van der Waals surface area contributed by atoms with Crippen molar-refractivity contribution < 1.29 is 21.6 Å². The molecular weight excluding hydrogens is 426 g/mol. The number of nitrogens with two attached hydrogens (primary N) is 1. The molecule has 0 saturated carbocycles. The normalized spacial score (nSPS) is 18.3. The highest BCUT2D eigenvalue weighted by Gasteiger charge is 2.31. The van der Waals surface area contributed by atoms with Crippen molar-refractivity contribution in [1.82, 2.24) is 0 Å². The van der Waals surface area contributed by atoms with Crippen molar-refractivity contribution in [1.29, 1.82) is 0 Å². The molecule has 192 valence electrons. The van der Waals surface area contributed by atoms with Gasteiger partial charge in [-0.2, -0.15) is 0 Å². The lowest BCUT2D eigenvalue weighted by molar-refractivity contribution is -0.813. The van der Waals surface area contributed by atoms with Crippen LogP contribution in [0.4, 0.5) is 0 Å². The van der Waals surface area contributed by atoms with E-state index in [1.54, 1.807) is 0 Å². The Hall–Kier alpha value is -0.540. The van der Waals surface area contributed by atoms with Gasteiger partial charge in [-0.05, 0) is 6.42 Å². The standard InChI is InChI=1S/C23H48N3.CH4O4S/c1-3-4-5-6-7-8-9-10-11-12-13-14-15-16-17-18-23-25-20-22-26(23,2)21-19-24;1-5-6(2,3)4/h3-22,24H2,1-2H3;1H3,(H,2,3,4)/q+1;/p-1. The molecular formula is C24H51N3O4S. The van der Waals surface area contributed by atoms with E-state index in [9.17, 15) is 13.0 Å². The van der Waals surface area contributed by atoms with Gasteiger partial charge in [0.2, 0.25) is 10.4 Å². The van der Waals surface area contributed by atoms with Crippen molar-refractivity contribution in [2.24, 2.45) is 10.7 Å². The summed E-state index contributed by atoms with van der Waals surface area (Å²) in [6, 6.07) is 0. The van der Waals surface area contributed by atoms with Crippen LogP contribution in [-0.2, 0) is 14.6 Å². The van der Waals surface area contributed by atoms with E-state index < -0.39 is 10.4 Å². The van der Waals surface area contributed by atoms with Crippen molar-refractivity contribution in [3.05, 3.63) is 0 Å². The number of quaternary nitrogens is 1. The zero-order valence-electron chi connectivity index (χ0n) is 21.2. The summed E-state index contributed by atoms with van der Waals surface area (Å²) in [7, 11) is -1.29. The van der Waals surface area contributed by atoms with E-state index in [2.05, 4.69) is 18.2 Å². The van der Waals surface area contributed by atoms with Crippen LogP contribution in [-0.4, -0.2) is 63.6 Å². The smallest absolute Gasteiger partial charge is 0.217 e. The zero-order chi connectivity index (χ0) is 24.1.